The number of ether oxygens (including phenoxy) is 1. The summed E-state index contributed by atoms with van der Waals surface area (Å²) in [6.45, 7) is -2.93. The first-order valence-electron chi connectivity index (χ1n) is 6.04. The van der Waals surface area contributed by atoms with Crippen molar-refractivity contribution in [3.8, 4) is 12.3 Å². The van der Waals surface area contributed by atoms with Crippen LogP contribution in [0.15, 0.2) is 11.1 Å². The normalized spacial score (nSPS) is 36.4. The highest BCUT2D eigenvalue weighted by atomic mass is 35.5. The van der Waals surface area contributed by atoms with Crippen LogP contribution in [0.1, 0.15) is 8.97 Å². The van der Waals surface area contributed by atoms with Gasteiger partial charge in [-0.2, -0.15) is 4.98 Å². The van der Waals surface area contributed by atoms with Crippen LogP contribution in [0, 0.1) is 12.3 Å². The van der Waals surface area contributed by atoms with E-state index in [4.69, 9.17) is 31.2 Å². The number of aliphatic hydroxyl groups is 2. The van der Waals surface area contributed by atoms with Gasteiger partial charge in [-0.3, -0.25) is 4.57 Å². The van der Waals surface area contributed by atoms with Crippen molar-refractivity contribution in [2.75, 3.05) is 12.3 Å². The minimum Gasteiger partial charge on any atom is -0.394 e. The molecule has 0 amide bonds. The molecule has 19 heavy (non-hydrogen) atoms. The van der Waals surface area contributed by atoms with Crippen molar-refractivity contribution < 1.29 is 17.7 Å². The Morgan fingerprint density at radius 3 is 3.05 bits per heavy atom. The first-order valence-corrected chi connectivity index (χ1v) is 5.42. The van der Waals surface area contributed by atoms with Gasteiger partial charge in [-0.05, 0) is 0 Å². The Balaban J connectivity index is 2.53. The van der Waals surface area contributed by atoms with E-state index in [0.29, 0.717) is 0 Å². The molecule has 0 radical (unpaired) electrons. The minimum atomic E-state index is -2.93. The zero-order valence-corrected chi connectivity index (χ0v) is 10.2. The van der Waals surface area contributed by atoms with Crippen molar-refractivity contribution in [1.82, 2.24) is 14.5 Å². The number of hydrogen-bond donors (Lipinski definition) is 3. The molecule has 0 bridgehead atoms. The highest BCUT2D eigenvalue weighted by Gasteiger charge is 2.55. The molecule has 1 aliphatic heterocycles. The lowest BCUT2D eigenvalue weighted by molar-refractivity contribution is -0.0467. The van der Waals surface area contributed by atoms with Crippen LogP contribution < -0.4 is 11.4 Å². The van der Waals surface area contributed by atoms with Gasteiger partial charge in [-0.15, -0.1) is 6.42 Å². The molecule has 0 spiro atoms. The van der Waals surface area contributed by atoms with Crippen LogP contribution in [0.3, 0.4) is 0 Å². The fourth-order valence-corrected chi connectivity index (χ4v) is 1.99. The molecule has 2 heterocycles. The maximum absolute atomic E-state index is 11.8. The number of alkyl halides is 1. The van der Waals surface area contributed by atoms with Crippen molar-refractivity contribution in [2.45, 2.75) is 23.3 Å². The van der Waals surface area contributed by atoms with Crippen molar-refractivity contribution in [2.24, 2.45) is 0 Å². The van der Waals surface area contributed by atoms with Gasteiger partial charge in [0.15, 0.2) is 11.1 Å². The Kier molecular flexibility index (Phi) is 2.82. The summed E-state index contributed by atoms with van der Waals surface area (Å²) in [5, 5.41) is 19.4. The average Bonchev–Trinajstić information content (AvgIpc) is 2.63. The van der Waals surface area contributed by atoms with E-state index in [9.17, 15) is 15.0 Å². The molecule has 9 heteroatoms. The number of rotatable bonds is 2. The van der Waals surface area contributed by atoms with Crippen molar-refractivity contribution in [3.05, 3.63) is 16.8 Å². The van der Waals surface area contributed by atoms with Crippen LogP contribution in [-0.4, -0.2) is 48.4 Å². The van der Waals surface area contributed by atoms with E-state index in [1.807, 2.05) is 5.92 Å². The smallest absolute Gasteiger partial charge is 0.354 e. The summed E-state index contributed by atoms with van der Waals surface area (Å²) in [7, 11) is 0. The second kappa shape index (κ2) is 4.79. The molecule has 4 atom stereocenters. The van der Waals surface area contributed by atoms with Crippen LogP contribution in [-0.2, 0) is 4.74 Å². The van der Waals surface area contributed by atoms with Gasteiger partial charge in [-0.25, -0.2) is 9.78 Å². The Morgan fingerprint density at radius 2 is 2.53 bits per heavy atom. The Labute approximate surface area is 115 Å². The highest BCUT2D eigenvalue weighted by molar-refractivity contribution is 6.27. The van der Waals surface area contributed by atoms with Crippen LogP contribution in [0.2, 0.25) is 0 Å². The summed E-state index contributed by atoms with van der Waals surface area (Å²) in [6.07, 6.45) is 1.19. The molecule has 2 rings (SSSR count). The molecule has 1 aromatic heterocycles. The van der Waals surface area contributed by atoms with Crippen LogP contribution in [0.25, 0.3) is 0 Å². The molecule has 1 fully saturated rings. The highest BCUT2D eigenvalue weighted by Crippen LogP contribution is 2.42. The third-order valence-corrected chi connectivity index (χ3v) is 3.22. The summed E-state index contributed by atoms with van der Waals surface area (Å²) in [5.41, 5.74) is 4.35. The van der Waals surface area contributed by atoms with Gasteiger partial charge in [0.25, 0.3) is 0 Å². The predicted molar refractivity (Wildman–Crippen MR) is 65.1 cm³/mol. The van der Waals surface area contributed by atoms with Crippen molar-refractivity contribution in [3.63, 3.8) is 0 Å². The van der Waals surface area contributed by atoms with Gasteiger partial charge in [0.05, 0.1) is 9.30 Å². The Bertz CT molecular complexity index is 658. The SMILES string of the molecule is [2H]C([2H])(O)[C@H]1O[C@@H](n2cnc(N)nc2=O)C(Cl)(C#C)[C@H]1O. The lowest BCUT2D eigenvalue weighted by Gasteiger charge is -2.24. The monoisotopic (exact) mass is 288 g/mol. The number of aromatic nitrogens is 3. The summed E-state index contributed by atoms with van der Waals surface area (Å²) in [6, 6.07) is 0. The molecule has 0 aliphatic carbocycles. The lowest BCUT2D eigenvalue weighted by Crippen LogP contribution is -2.43. The molecule has 102 valence electrons. The largest absolute Gasteiger partial charge is 0.394 e. The maximum Gasteiger partial charge on any atom is 0.354 e. The average molecular weight is 289 g/mol. The van der Waals surface area contributed by atoms with Crippen LogP contribution >= 0.6 is 11.6 Å². The summed E-state index contributed by atoms with van der Waals surface area (Å²) in [4.78, 5) is 16.7. The van der Waals surface area contributed by atoms with E-state index in [1.54, 1.807) is 0 Å². The molecule has 1 saturated heterocycles. The van der Waals surface area contributed by atoms with E-state index in [2.05, 4.69) is 9.97 Å². The molecule has 1 aliphatic rings. The Morgan fingerprint density at radius 1 is 1.84 bits per heavy atom. The molecule has 4 N–H and O–H groups in total. The van der Waals surface area contributed by atoms with Gasteiger partial charge in [0, 0.05) is 0 Å². The lowest BCUT2D eigenvalue weighted by atomic mass is 10.00. The zero-order valence-electron chi connectivity index (χ0n) is 11.4. The van der Waals surface area contributed by atoms with Gasteiger partial charge in [-0.1, -0.05) is 17.5 Å². The summed E-state index contributed by atoms with van der Waals surface area (Å²) in [5.74, 6) is 1.76. The van der Waals surface area contributed by atoms with E-state index in [1.165, 1.54) is 0 Å². The molecule has 0 saturated carbocycles. The number of terminal acetylenes is 1. The Hall–Kier alpha value is -1.66. The topological polar surface area (TPSA) is 123 Å². The van der Waals surface area contributed by atoms with Gasteiger partial charge < -0.3 is 20.7 Å². The number of nitrogens with zero attached hydrogens (tertiary/aromatic N) is 3. The number of nitrogen functional groups attached to an aromatic ring is 1. The van der Waals surface area contributed by atoms with E-state index < -0.39 is 35.6 Å². The number of nitrogens with two attached hydrogens (primary N) is 1. The van der Waals surface area contributed by atoms with E-state index in [-0.39, 0.29) is 5.95 Å². The first-order chi connectivity index (χ1) is 9.61. The van der Waals surface area contributed by atoms with Crippen LogP contribution in [0.5, 0.6) is 0 Å². The third kappa shape index (κ3) is 2.06. The fourth-order valence-electron chi connectivity index (χ4n) is 1.72. The quantitative estimate of drug-likeness (QED) is 0.428. The fraction of sp³-hybridized carbons (Fsp3) is 0.500. The molecule has 8 nitrogen and oxygen atoms in total. The summed E-state index contributed by atoms with van der Waals surface area (Å²) >= 11 is 6.08. The number of anilines is 1. The van der Waals surface area contributed by atoms with Gasteiger partial charge in [0.1, 0.15) is 18.5 Å². The van der Waals surface area contributed by atoms with Crippen LogP contribution in [0.4, 0.5) is 5.95 Å². The van der Waals surface area contributed by atoms with E-state index >= 15 is 0 Å². The third-order valence-electron chi connectivity index (χ3n) is 2.70. The second-order valence-corrected chi connectivity index (χ2v) is 4.43. The molecule has 1 unspecified atom stereocenters. The van der Waals surface area contributed by atoms with Gasteiger partial charge >= 0.3 is 5.69 Å². The maximum atomic E-state index is 11.8. The van der Waals surface area contributed by atoms with Crippen molar-refractivity contribution in [1.29, 1.82) is 0 Å². The minimum absolute atomic E-state index is 0.287. The van der Waals surface area contributed by atoms with Gasteiger partial charge in [0.2, 0.25) is 5.95 Å². The number of aliphatic hydroxyl groups excluding tert-OH is 1. The predicted octanol–water partition coefficient (Wildman–Crippen LogP) is -1.92. The number of hydrogen-bond acceptors (Lipinski definition) is 7. The molecule has 1 aromatic rings. The molecular formula is C10H11ClN4O4. The molecule has 0 aromatic carbocycles. The number of halogens is 1. The van der Waals surface area contributed by atoms with Crippen molar-refractivity contribution >= 4 is 17.5 Å². The standard InChI is InChI=1S/C10H11ClN4O4/c1-2-10(11)6(17)5(3-16)19-7(10)15-4-13-8(12)14-9(15)18/h1,4-7,16-17H,3H2,(H2,12,14,18)/t5-,6+,7-,10?/m1/s1/i3D2. The zero-order chi connectivity index (χ0) is 16.0. The van der Waals surface area contributed by atoms with E-state index in [0.717, 1.165) is 10.9 Å². The second-order valence-electron chi connectivity index (χ2n) is 3.80. The molecular weight excluding hydrogens is 276 g/mol. The first kappa shape index (κ1) is 11.2. The summed E-state index contributed by atoms with van der Waals surface area (Å²) < 4.78 is 20.4.